The number of carbonyl (C=O) groups is 1. The van der Waals surface area contributed by atoms with Crippen LogP contribution in [-0.4, -0.2) is 19.2 Å². The van der Waals surface area contributed by atoms with Crippen LogP contribution in [-0.2, 0) is 11.3 Å². The average Bonchev–Trinajstić information content (AvgIpc) is 2.60. The predicted molar refractivity (Wildman–Crippen MR) is 92.5 cm³/mol. The quantitative estimate of drug-likeness (QED) is 0.560. The third-order valence-corrected chi connectivity index (χ3v) is 3.34. The first kappa shape index (κ1) is 17.7. The first-order valence-corrected chi connectivity index (χ1v) is 7.77. The maximum atomic E-state index is 11.9. The van der Waals surface area contributed by atoms with Gasteiger partial charge in [0.25, 0.3) is 0 Å². The zero-order valence-corrected chi connectivity index (χ0v) is 14.0. The van der Waals surface area contributed by atoms with E-state index in [0.717, 1.165) is 5.56 Å². The van der Waals surface area contributed by atoms with E-state index < -0.39 is 5.97 Å². The Kier molecular flexibility index (Phi) is 6.53. The Morgan fingerprint density at radius 3 is 2.62 bits per heavy atom. The highest BCUT2D eigenvalue weighted by atomic mass is 35.5. The van der Waals surface area contributed by atoms with Gasteiger partial charge in [0.1, 0.15) is 6.61 Å². The summed E-state index contributed by atoms with van der Waals surface area (Å²) in [5.41, 5.74) is 1.25. The summed E-state index contributed by atoms with van der Waals surface area (Å²) in [5.74, 6) is 2.44. The Labute approximate surface area is 146 Å². The second kappa shape index (κ2) is 8.85. The summed E-state index contributed by atoms with van der Waals surface area (Å²) in [6.45, 7) is 2.47. The summed E-state index contributed by atoms with van der Waals surface area (Å²) in [6, 6.07) is 12.7. The van der Waals surface area contributed by atoms with Gasteiger partial charge in [-0.2, -0.15) is 0 Å². The summed E-state index contributed by atoms with van der Waals surface area (Å²) in [4.78, 5) is 11.9. The number of ether oxygens (including phenoxy) is 3. The van der Waals surface area contributed by atoms with Crippen LogP contribution < -0.4 is 9.47 Å². The first-order chi connectivity index (χ1) is 11.7. The van der Waals surface area contributed by atoms with Crippen LogP contribution in [0.2, 0.25) is 5.02 Å². The van der Waals surface area contributed by atoms with Gasteiger partial charge < -0.3 is 14.2 Å². The van der Waals surface area contributed by atoms with E-state index in [2.05, 4.69) is 5.92 Å². The van der Waals surface area contributed by atoms with Crippen molar-refractivity contribution in [3.05, 3.63) is 58.6 Å². The lowest BCUT2D eigenvalue weighted by atomic mass is 10.2. The van der Waals surface area contributed by atoms with Gasteiger partial charge in [-0.3, -0.25) is 0 Å². The topological polar surface area (TPSA) is 44.8 Å². The Hall–Kier alpha value is -2.64. The number of rotatable bonds is 7. The lowest BCUT2D eigenvalue weighted by Crippen LogP contribution is -2.07. The molecule has 0 radical (unpaired) electrons. The van der Waals surface area contributed by atoms with Gasteiger partial charge in [-0.15, -0.1) is 6.42 Å². The highest BCUT2D eigenvalue weighted by molar-refractivity contribution is 6.32. The number of hydrogen-bond acceptors (Lipinski definition) is 4. The maximum absolute atomic E-state index is 11.9. The first-order valence-electron chi connectivity index (χ1n) is 7.39. The molecule has 0 atom stereocenters. The van der Waals surface area contributed by atoms with E-state index in [1.165, 1.54) is 12.1 Å². The van der Waals surface area contributed by atoms with Crippen LogP contribution in [0.5, 0.6) is 11.5 Å². The molecule has 0 spiro atoms. The number of terminal acetylenes is 1. The average molecular weight is 345 g/mol. The summed E-state index contributed by atoms with van der Waals surface area (Å²) >= 11 is 6.26. The molecule has 0 saturated heterocycles. The number of carbonyl (C=O) groups excluding carboxylic acids is 1. The SMILES string of the molecule is C#CCOC(=O)c1cc(Cl)c(OCc2ccccc2)c(OCC)c1. The number of halogens is 1. The fraction of sp³-hybridized carbons (Fsp3) is 0.211. The van der Waals surface area contributed by atoms with Gasteiger partial charge in [0, 0.05) is 0 Å². The van der Waals surface area contributed by atoms with Gasteiger partial charge in [-0.25, -0.2) is 4.79 Å². The van der Waals surface area contributed by atoms with E-state index >= 15 is 0 Å². The van der Waals surface area contributed by atoms with Crippen molar-refractivity contribution in [1.82, 2.24) is 0 Å². The molecule has 0 aliphatic heterocycles. The van der Waals surface area contributed by atoms with E-state index in [1.807, 2.05) is 37.3 Å². The molecule has 2 aromatic rings. The Bertz CT molecular complexity index is 735. The third kappa shape index (κ3) is 4.68. The van der Waals surface area contributed by atoms with Crippen molar-refractivity contribution in [3.63, 3.8) is 0 Å². The van der Waals surface area contributed by atoms with Crippen molar-refractivity contribution < 1.29 is 19.0 Å². The van der Waals surface area contributed by atoms with Crippen molar-refractivity contribution in [2.75, 3.05) is 13.2 Å². The van der Waals surface area contributed by atoms with Crippen molar-refractivity contribution in [2.45, 2.75) is 13.5 Å². The van der Waals surface area contributed by atoms with Gasteiger partial charge >= 0.3 is 5.97 Å². The molecule has 2 aromatic carbocycles. The van der Waals surface area contributed by atoms with Crippen molar-refractivity contribution in [3.8, 4) is 23.8 Å². The molecular formula is C19H17ClO4. The normalized spacial score (nSPS) is 9.88. The third-order valence-electron chi connectivity index (χ3n) is 3.06. The fourth-order valence-corrected chi connectivity index (χ4v) is 2.27. The second-order valence-corrected chi connectivity index (χ2v) is 5.18. The molecule has 124 valence electrons. The number of esters is 1. The molecule has 0 N–H and O–H groups in total. The molecule has 2 rings (SSSR count). The van der Waals surface area contributed by atoms with Crippen molar-refractivity contribution in [2.24, 2.45) is 0 Å². The minimum Gasteiger partial charge on any atom is -0.490 e. The molecule has 0 unspecified atom stereocenters. The van der Waals surface area contributed by atoms with E-state index in [0.29, 0.717) is 24.7 Å². The van der Waals surface area contributed by atoms with Crippen LogP contribution in [0.4, 0.5) is 0 Å². The van der Waals surface area contributed by atoms with E-state index in [9.17, 15) is 4.79 Å². The summed E-state index contributed by atoms with van der Waals surface area (Å²) < 4.78 is 16.2. The molecule has 0 amide bonds. The second-order valence-electron chi connectivity index (χ2n) is 4.77. The predicted octanol–water partition coefficient (Wildman–Crippen LogP) is 4.11. The molecule has 5 heteroatoms. The minimum absolute atomic E-state index is 0.104. The minimum atomic E-state index is -0.564. The number of benzene rings is 2. The number of hydrogen-bond donors (Lipinski definition) is 0. The molecular weight excluding hydrogens is 328 g/mol. The van der Waals surface area contributed by atoms with Crippen LogP contribution in [0.25, 0.3) is 0 Å². The van der Waals surface area contributed by atoms with Gasteiger partial charge in [0.2, 0.25) is 0 Å². The van der Waals surface area contributed by atoms with E-state index in [1.54, 1.807) is 0 Å². The molecule has 0 aromatic heterocycles. The standard InChI is InChI=1S/C19H17ClO4/c1-3-10-23-19(21)15-11-16(20)18(17(12-15)22-4-2)24-13-14-8-6-5-7-9-14/h1,5-9,11-12H,4,10,13H2,2H3. The van der Waals surface area contributed by atoms with E-state index in [4.69, 9.17) is 32.2 Å². The highest BCUT2D eigenvalue weighted by Crippen LogP contribution is 2.37. The smallest absolute Gasteiger partial charge is 0.339 e. The highest BCUT2D eigenvalue weighted by Gasteiger charge is 2.17. The largest absolute Gasteiger partial charge is 0.490 e. The molecule has 0 heterocycles. The molecule has 0 aliphatic rings. The van der Waals surface area contributed by atoms with Crippen molar-refractivity contribution >= 4 is 17.6 Å². The van der Waals surface area contributed by atoms with E-state index in [-0.39, 0.29) is 17.2 Å². The Morgan fingerprint density at radius 1 is 1.21 bits per heavy atom. The molecule has 0 saturated carbocycles. The maximum Gasteiger partial charge on any atom is 0.339 e. The molecule has 4 nitrogen and oxygen atoms in total. The molecule has 0 fully saturated rings. The van der Waals surface area contributed by atoms with Crippen LogP contribution in [0.3, 0.4) is 0 Å². The summed E-state index contributed by atoms with van der Waals surface area (Å²) in [5, 5.41) is 0.268. The van der Waals surface area contributed by atoms with Gasteiger partial charge in [0.05, 0.1) is 17.2 Å². The molecule has 0 bridgehead atoms. The summed E-state index contributed by atoms with van der Waals surface area (Å²) in [6.07, 6.45) is 5.08. The van der Waals surface area contributed by atoms with Crippen LogP contribution in [0.1, 0.15) is 22.8 Å². The lowest BCUT2D eigenvalue weighted by molar-refractivity contribution is 0.0556. The molecule has 0 aliphatic carbocycles. The van der Waals surface area contributed by atoms with Crippen LogP contribution in [0.15, 0.2) is 42.5 Å². The Morgan fingerprint density at radius 2 is 1.96 bits per heavy atom. The van der Waals surface area contributed by atoms with Gasteiger partial charge in [-0.1, -0.05) is 47.9 Å². The monoisotopic (exact) mass is 344 g/mol. The van der Waals surface area contributed by atoms with Gasteiger partial charge in [-0.05, 0) is 24.6 Å². The lowest BCUT2D eigenvalue weighted by Gasteiger charge is -2.15. The van der Waals surface area contributed by atoms with Gasteiger partial charge in [0.15, 0.2) is 18.1 Å². The van der Waals surface area contributed by atoms with Crippen molar-refractivity contribution in [1.29, 1.82) is 0 Å². The van der Waals surface area contributed by atoms with Crippen LogP contribution >= 0.6 is 11.6 Å². The zero-order chi connectivity index (χ0) is 17.4. The Balaban J connectivity index is 2.23. The molecule has 24 heavy (non-hydrogen) atoms. The van der Waals surface area contributed by atoms with Crippen LogP contribution in [0, 0.1) is 12.3 Å². The summed E-state index contributed by atoms with van der Waals surface area (Å²) in [7, 11) is 0. The zero-order valence-electron chi connectivity index (χ0n) is 13.3. The fourth-order valence-electron chi connectivity index (χ4n) is 2.01.